The standard InChI is InChI=1S/C35H33BrCl2N2O7S/c1-7-45-34(42)30-19(4)39-35-40(31(30)21-9-11-26(47-18(2)3)27(15-21)43-5)33(41)29(48-35)14-20-12-24(36)32(28(13-20)44-6)46-17-22-8-10-23(37)16-25(22)38/h8-16,18,31H,7,17H2,1-6H3/b29-14-/t31-/m0/s1. The summed E-state index contributed by atoms with van der Waals surface area (Å²) in [6, 6.07) is 13.3. The number of ether oxygens (including phenoxy) is 5. The van der Waals surface area contributed by atoms with Crippen LogP contribution in [0.3, 0.4) is 0 Å². The van der Waals surface area contributed by atoms with Crippen LogP contribution in [0.5, 0.6) is 23.0 Å². The third-order valence-electron chi connectivity index (χ3n) is 7.32. The summed E-state index contributed by atoms with van der Waals surface area (Å²) in [5, 5.41) is 1.02. The van der Waals surface area contributed by atoms with Gasteiger partial charge in [-0.25, -0.2) is 9.79 Å². The topological polar surface area (TPSA) is 97.6 Å². The maximum Gasteiger partial charge on any atom is 0.338 e. The number of rotatable bonds is 11. The van der Waals surface area contributed by atoms with Crippen molar-refractivity contribution in [3.05, 3.63) is 111 Å². The average Bonchev–Trinajstić information content (AvgIpc) is 3.34. The molecule has 0 fully saturated rings. The molecule has 2 heterocycles. The van der Waals surface area contributed by atoms with Crippen LogP contribution in [0.4, 0.5) is 0 Å². The number of hydrogen-bond donors (Lipinski definition) is 0. The number of nitrogens with zero attached hydrogens (tertiary/aromatic N) is 2. The van der Waals surface area contributed by atoms with Crippen LogP contribution in [0.25, 0.3) is 6.08 Å². The normalized spacial score (nSPS) is 14.5. The van der Waals surface area contributed by atoms with Gasteiger partial charge in [0.25, 0.3) is 5.56 Å². The fourth-order valence-corrected chi connectivity index (χ4v) is 7.30. The first kappa shape index (κ1) is 35.5. The molecule has 252 valence electrons. The number of benzene rings is 3. The largest absolute Gasteiger partial charge is 0.493 e. The van der Waals surface area contributed by atoms with Crippen LogP contribution in [0.2, 0.25) is 10.0 Å². The van der Waals surface area contributed by atoms with Crippen molar-refractivity contribution < 1.29 is 28.5 Å². The van der Waals surface area contributed by atoms with Crippen molar-refractivity contribution in [3.63, 3.8) is 0 Å². The Morgan fingerprint density at radius 1 is 1.06 bits per heavy atom. The Morgan fingerprint density at radius 3 is 2.48 bits per heavy atom. The third-order valence-corrected chi connectivity index (χ3v) is 9.48. The lowest BCUT2D eigenvalue weighted by Gasteiger charge is -2.25. The van der Waals surface area contributed by atoms with Crippen LogP contribution in [0, 0.1) is 0 Å². The van der Waals surface area contributed by atoms with Gasteiger partial charge in [0, 0.05) is 15.6 Å². The van der Waals surface area contributed by atoms with E-state index in [-0.39, 0.29) is 30.5 Å². The summed E-state index contributed by atoms with van der Waals surface area (Å²) in [6.45, 7) is 7.65. The van der Waals surface area contributed by atoms with E-state index >= 15 is 0 Å². The van der Waals surface area contributed by atoms with Gasteiger partial charge in [-0.3, -0.25) is 9.36 Å². The second-order valence-corrected chi connectivity index (χ2v) is 13.6. The quantitative estimate of drug-likeness (QED) is 0.148. The molecule has 9 nitrogen and oxygen atoms in total. The second-order valence-electron chi connectivity index (χ2n) is 10.9. The van der Waals surface area contributed by atoms with E-state index in [1.165, 1.54) is 23.0 Å². The predicted molar refractivity (Wildman–Crippen MR) is 191 cm³/mol. The molecule has 1 aliphatic rings. The number of hydrogen-bond acceptors (Lipinski definition) is 9. The molecule has 0 radical (unpaired) electrons. The molecule has 3 aromatic carbocycles. The number of aromatic nitrogens is 1. The number of carbonyl (C=O) groups is 1. The lowest BCUT2D eigenvalue weighted by Crippen LogP contribution is -2.40. The van der Waals surface area contributed by atoms with E-state index in [1.54, 1.807) is 63.4 Å². The molecule has 0 bridgehead atoms. The van der Waals surface area contributed by atoms with Crippen molar-refractivity contribution >= 4 is 62.5 Å². The minimum absolute atomic E-state index is 0.0825. The summed E-state index contributed by atoms with van der Waals surface area (Å²) in [6.07, 6.45) is 1.67. The molecular formula is C35H33BrCl2N2O7S. The molecule has 13 heteroatoms. The van der Waals surface area contributed by atoms with E-state index in [2.05, 4.69) is 20.9 Å². The number of methoxy groups -OCH3 is 2. The lowest BCUT2D eigenvalue weighted by molar-refractivity contribution is -0.139. The molecule has 0 aliphatic carbocycles. The van der Waals surface area contributed by atoms with E-state index in [0.717, 1.165) is 5.56 Å². The zero-order chi connectivity index (χ0) is 34.7. The summed E-state index contributed by atoms with van der Waals surface area (Å²) >= 11 is 17.2. The number of thiazole rings is 1. The molecular weight excluding hydrogens is 743 g/mol. The number of halogens is 3. The van der Waals surface area contributed by atoms with Crippen LogP contribution in [-0.4, -0.2) is 37.5 Å². The number of esters is 1. The Kier molecular flexibility index (Phi) is 11.2. The van der Waals surface area contributed by atoms with Crippen molar-refractivity contribution in [1.82, 2.24) is 4.57 Å². The summed E-state index contributed by atoms with van der Waals surface area (Å²) in [4.78, 5) is 32.6. The van der Waals surface area contributed by atoms with Crippen LogP contribution in [-0.2, 0) is 16.1 Å². The van der Waals surface area contributed by atoms with Gasteiger partial charge < -0.3 is 23.7 Å². The highest BCUT2D eigenvalue weighted by atomic mass is 79.9. The molecule has 1 atom stereocenters. The highest BCUT2D eigenvalue weighted by molar-refractivity contribution is 9.10. The van der Waals surface area contributed by atoms with E-state index in [4.69, 9.17) is 46.9 Å². The minimum atomic E-state index is -0.818. The SMILES string of the molecule is CCOC(=O)C1=C(C)N=c2s/c(=C\c3cc(Br)c(OCc4ccc(Cl)cc4Cl)c(OC)c3)c(=O)n2[C@H]1c1ccc(OC(C)C)c(OC)c1. The third kappa shape index (κ3) is 7.44. The Bertz CT molecular complexity index is 2090. The highest BCUT2D eigenvalue weighted by Crippen LogP contribution is 2.39. The molecule has 0 saturated heterocycles. The Hall–Kier alpha value is -3.77. The molecule has 0 N–H and O–H groups in total. The van der Waals surface area contributed by atoms with Gasteiger partial charge in [-0.2, -0.15) is 0 Å². The monoisotopic (exact) mass is 774 g/mol. The predicted octanol–water partition coefficient (Wildman–Crippen LogP) is 7.25. The van der Waals surface area contributed by atoms with Gasteiger partial charge in [0.15, 0.2) is 27.8 Å². The maximum absolute atomic E-state index is 14.2. The zero-order valence-corrected chi connectivity index (χ0v) is 31.0. The van der Waals surface area contributed by atoms with Gasteiger partial charge >= 0.3 is 5.97 Å². The summed E-state index contributed by atoms with van der Waals surface area (Å²) in [5.74, 6) is 1.38. The Labute approximate surface area is 300 Å². The second kappa shape index (κ2) is 15.2. The molecule has 0 amide bonds. The van der Waals surface area contributed by atoms with Crippen molar-refractivity contribution in [3.8, 4) is 23.0 Å². The van der Waals surface area contributed by atoms with Crippen LogP contribution in [0.15, 0.2) is 74.1 Å². The lowest BCUT2D eigenvalue weighted by atomic mass is 9.95. The Balaban J connectivity index is 1.59. The van der Waals surface area contributed by atoms with E-state index in [0.29, 0.717) is 63.7 Å². The highest BCUT2D eigenvalue weighted by Gasteiger charge is 2.34. The van der Waals surface area contributed by atoms with E-state index < -0.39 is 12.0 Å². The molecule has 0 unspecified atom stereocenters. The molecule has 1 aliphatic heterocycles. The summed E-state index contributed by atoms with van der Waals surface area (Å²) in [5.41, 5.74) is 2.47. The minimum Gasteiger partial charge on any atom is -0.493 e. The van der Waals surface area contributed by atoms with Gasteiger partial charge in [-0.05, 0) is 97.2 Å². The first-order valence-corrected chi connectivity index (χ1v) is 17.3. The Morgan fingerprint density at radius 2 is 1.81 bits per heavy atom. The van der Waals surface area contributed by atoms with Gasteiger partial charge in [0.05, 0.1) is 53.2 Å². The first-order valence-electron chi connectivity index (χ1n) is 14.9. The maximum atomic E-state index is 14.2. The molecule has 4 aromatic rings. The van der Waals surface area contributed by atoms with Crippen LogP contribution >= 0.6 is 50.5 Å². The molecule has 0 spiro atoms. The van der Waals surface area contributed by atoms with Crippen molar-refractivity contribution in [2.75, 3.05) is 20.8 Å². The van der Waals surface area contributed by atoms with E-state index in [1.807, 2.05) is 26.0 Å². The van der Waals surface area contributed by atoms with Gasteiger partial charge in [0.2, 0.25) is 0 Å². The fraction of sp³-hybridized carbons (Fsp3) is 0.286. The van der Waals surface area contributed by atoms with Gasteiger partial charge in [-0.1, -0.05) is 46.7 Å². The summed E-state index contributed by atoms with van der Waals surface area (Å²) < 4.78 is 31.2. The van der Waals surface area contributed by atoms with Crippen molar-refractivity contribution in [2.45, 2.75) is 46.4 Å². The van der Waals surface area contributed by atoms with Gasteiger partial charge in [0.1, 0.15) is 6.61 Å². The first-order chi connectivity index (χ1) is 22.9. The molecule has 0 saturated carbocycles. The van der Waals surface area contributed by atoms with Crippen LogP contribution in [0.1, 0.15) is 50.4 Å². The number of allylic oxidation sites excluding steroid dienone is 1. The fourth-order valence-electron chi connectivity index (χ4n) is 5.22. The van der Waals surface area contributed by atoms with Crippen molar-refractivity contribution in [2.24, 2.45) is 4.99 Å². The van der Waals surface area contributed by atoms with Gasteiger partial charge in [-0.15, -0.1) is 0 Å². The van der Waals surface area contributed by atoms with Crippen molar-refractivity contribution in [1.29, 1.82) is 0 Å². The molecule has 5 rings (SSSR count). The average molecular weight is 777 g/mol. The molecule has 1 aromatic heterocycles. The summed E-state index contributed by atoms with van der Waals surface area (Å²) in [7, 11) is 3.08. The zero-order valence-electron chi connectivity index (χ0n) is 27.1. The van der Waals surface area contributed by atoms with Crippen LogP contribution < -0.4 is 33.8 Å². The van der Waals surface area contributed by atoms with E-state index in [9.17, 15) is 9.59 Å². The number of fused-ring (bicyclic) bond motifs is 1. The molecule has 48 heavy (non-hydrogen) atoms. The smallest absolute Gasteiger partial charge is 0.338 e. The number of carbonyl (C=O) groups excluding carboxylic acids is 1.